The summed E-state index contributed by atoms with van der Waals surface area (Å²) in [5, 5.41) is 14.0. The summed E-state index contributed by atoms with van der Waals surface area (Å²) in [4.78, 5) is 25.0. The van der Waals surface area contributed by atoms with Gasteiger partial charge in [-0.1, -0.05) is 0 Å². The molecule has 1 aliphatic rings. The van der Waals surface area contributed by atoms with E-state index in [2.05, 4.69) is 37.9 Å². The lowest BCUT2D eigenvalue weighted by atomic mass is 10.1. The maximum absolute atomic E-state index is 12.1. The number of nitro benzene ring substituents is 1. The summed E-state index contributed by atoms with van der Waals surface area (Å²) in [5.74, 6) is 0.261. The molecule has 0 radical (unpaired) electrons. The molecule has 1 aromatic carbocycles. The van der Waals surface area contributed by atoms with E-state index in [0.717, 1.165) is 6.54 Å². The number of benzene rings is 1. The number of non-ortho nitro benzene ring substituents is 1. The summed E-state index contributed by atoms with van der Waals surface area (Å²) >= 11 is 0. The molecule has 0 aromatic heterocycles. The number of carbonyl (C=O) groups excluding carboxylic acids is 1. The molecule has 1 aliphatic heterocycles. The maximum Gasteiger partial charge on any atom is 0.270 e. The van der Waals surface area contributed by atoms with E-state index >= 15 is 0 Å². The highest BCUT2D eigenvalue weighted by molar-refractivity contribution is 5.92. The lowest BCUT2D eigenvalue weighted by Crippen LogP contribution is -2.42. The van der Waals surface area contributed by atoms with Crippen LogP contribution in [0.15, 0.2) is 18.2 Å². The van der Waals surface area contributed by atoms with Crippen LogP contribution < -0.4 is 10.1 Å². The fourth-order valence-corrected chi connectivity index (χ4v) is 3.11. The average Bonchev–Trinajstić information content (AvgIpc) is 2.62. The molecule has 0 atom stereocenters. The Morgan fingerprint density at radius 2 is 2.04 bits per heavy atom. The predicted octanol–water partition coefficient (Wildman–Crippen LogP) is 2.71. The SMILES string of the molecule is CC(C)N(CCNC(=O)C=Cc1cc([N+](=O)[O-])cc2c1OCOC2)C(C)C. The number of nitrogens with zero attached hydrogens (tertiary/aromatic N) is 2. The number of amides is 1. The van der Waals surface area contributed by atoms with Crippen molar-refractivity contribution in [3.63, 3.8) is 0 Å². The predicted molar refractivity (Wildman–Crippen MR) is 102 cm³/mol. The Morgan fingerprint density at radius 1 is 1.33 bits per heavy atom. The van der Waals surface area contributed by atoms with Crippen LogP contribution in [0.3, 0.4) is 0 Å². The van der Waals surface area contributed by atoms with Gasteiger partial charge in [0.2, 0.25) is 5.91 Å². The van der Waals surface area contributed by atoms with Crippen molar-refractivity contribution in [1.29, 1.82) is 0 Å². The Bertz CT molecular complexity index is 708. The van der Waals surface area contributed by atoms with E-state index in [0.29, 0.717) is 35.5 Å². The van der Waals surface area contributed by atoms with Crippen molar-refractivity contribution < 1.29 is 19.2 Å². The van der Waals surface area contributed by atoms with E-state index in [1.165, 1.54) is 24.3 Å². The quantitative estimate of drug-likeness (QED) is 0.425. The number of carbonyl (C=O) groups is 1. The average molecular weight is 377 g/mol. The van der Waals surface area contributed by atoms with Crippen molar-refractivity contribution in [2.45, 2.75) is 46.4 Å². The van der Waals surface area contributed by atoms with Crippen molar-refractivity contribution in [1.82, 2.24) is 10.2 Å². The zero-order valence-electron chi connectivity index (χ0n) is 16.2. The van der Waals surface area contributed by atoms with Gasteiger partial charge in [-0.3, -0.25) is 19.8 Å². The molecule has 8 nitrogen and oxygen atoms in total. The van der Waals surface area contributed by atoms with Crippen LogP contribution >= 0.6 is 0 Å². The van der Waals surface area contributed by atoms with E-state index < -0.39 is 4.92 Å². The number of nitrogens with one attached hydrogen (secondary N) is 1. The fourth-order valence-electron chi connectivity index (χ4n) is 3.11. The largest absolute Gasteiger partial charge is 0.467 e. The molecule has 27 heavy (non-hydrogen) atoms. The van der Waals surface area contributed by atoms with Crippen LogP contribution in [-0.4, -0.2) is 47.7 Å². The molecule has 8 heteroatoms. The van der Waals surface area contributed by atoms with Gasteiger partial charge in [0.25, 0.3) is 5.69 Å². The molecule has 0 saturated heterocycles. The van der Waals surface area contributed by atoms with Crippen LogP contribution in [0.4, 0.5) is 5.69 Å². The van der Waals surface area contributed by atoms with Gasteiger partial charge in [-0.25, -0.2) is 0 Å². The second-order valence-corrected chi connectivity index (χ2v) is 6.94. The first kappa shape index (κ1) is 20.9. The lowest BCUT2D eigenvalue weighted by molar-refractivity contribution is -0.385. The summed E-state index contributed by atoms with van der Waals surface area (Å²) in [5.41, 5.74) is 1.02. The highest BCUT2D eigenvalue weighted by Gasteiger charge is 2.20. The van der Waals surface area contributed by atoms with Gasteiger partial charge >= 0.3 is 0 Å². The molecule has 0 unspecified atom stereocenters. The first-order valence-electron chi connectivity index (χ1n) is 9.03. The van der Waals surface area contributed by atoms with Crippen molar-refractivity contribution >= 4 is 17.7 Å². The number of fused-ring (bicyclic) bond motifs is 1. The van der Waals surface area contributed by atoms with E-state index in [4.69, 9.17) is 9.47 Å². The Labute approximate surface area is 159 Å². The van der Waals surface area contributed by atoms with Gasteiger partial charge in [0.1, 0.15) is 5.75 Å². The highest BCUT2D eigenvalue weighted by Crippen LogP contribution is 2.33. The standard InChI is InChI=1S/C19H27N3O5/c1-13(2)21(14(3)4)8-7-20-18(23)6-5-15-9-17(22(24)25)10-16-11-26-12-27-19(15)16/h5-6,9-10,13-14H,7-8,11-12H2,1-4H3,(H,20,23). The molecule has 0 spiro atoms. The van der Waals surface area contributed by atoms with Gasteiger partial charge < -0.3 is 14.8 Å². The van der Waals surface area contributed by atoms with Gasteiger partial charge in [0.05, 0.1) is 11.5 Å². The van der Waals surface area contributed by atoms with Crippen molar-refractivity contribution in [3.8, 4) is 5.75 Å². The summed E-state index contributed by atoms with van der Waals surface area (Å²) in [7, 11) is 0. The molecule has 0 aliphatic carbocycles. The minimum absolute atomic E-state index is 0.0626. The Hall–Kier alpha value is -2.45. The summed E-state index contributed by atoms with van der Waals surface area (Å²) in [6, 6.07) is 3.62. The number of hydrogen-bond donors (Lipinski definition) is 1. The summed E-state index contributed by atoms with van der Waals surface area (Å²) in [6.45, 7) is 10.1. The second-order valence-electron chi connectivity index (χ2n) is 6.94. The molecule has 1 heterocycles. The third-order valence-electron chi connectivity index (χ3n) is 4.34. The number of nitro groups is 1. The fraction of sp³-hybridized carbons (Fsp3) is 0.526. The van der Waals surface area contributed by atoms with Gasteiger partial charge in [-0.05, 0) is 33.8 Å². The van der Waals surface area contributed by atoms with Gasteiger partial charge in [0, 0.05) is 54.5 Å². The monoisotopic (exact) mass is 377 g/mol. The minimum atomic E-state index is -0.473. The molecule has 0 saturated carbocycles. The van der Waals surface area contributed by atoms with Crippen molar-refractivity contribution in [2.24, 2.45) is 0 Å². The number of ether oxygens (including phenoxy) is 2. The zero-order valence-corrected chi connectivity index (χ0v) is 16.2. The highest BCUT2D eigenvalue weighted by atomic mass is 16.7. The topological polar surface area (TPSA) is 93.9 Å². The molecular formula is C19H27N3O5. The van der Waals surface area contributed by atoms with Gasteiger partial charge in [-0.15, -0.1) is 0 Å². The number of hydrogen-bond acceptors (Lipinski definition) is 6. The Kier molecular flexibility index (Phi) is 7.32. The first-order valence-corrected chi connectivity index (χ1v) is 9.03. The molecule has 0 bridgehead atoms. The normalized spacial score (nSPS) is 13.9. The Morgan fingerprint density at radius 3 is 2.67 bits per heavy atom. The van der Waals surface area contributed by atoms with E-state index in [1.807, 2.05) is 0 Å². The van der Waals surface area contributed by atoms with Crippen molar-refractivity contribution in [3.05, 3.63) is 39.4 Å². The molecule has 1 N–H and O–H groups in total. The van der Waals surface area contributed by atoms with Crippen molar-refractivity contribution in [2.75, 3.05) is 19.9 Å². The van der Waals surface area contributed by atoms with Crippen LogP contribution in [-0.2, 0) is 16.1 Å². The number of rotatable bonds is 8. The molecular weight excluding hydrogens is 350 g/mol. The summed E-state index contributed by atoms with van der Waals surface area (Å²) < 4.78 is 10.6. The van der Waals surface area contributed by atoms with Crippen LogP contribution in [0.25, 0.3) is 6.08 Å². The van der Waals surface area contributed by atoms with E-state index in [1.54, 1.807) is 0 Å². The van der Waals surface area contributed by atoms with E-state index in [-0.39, 0.29) is 25.0 Å². The third-order valence-corrected chi connectivity index (χ3v) is 4.34. The third kappa shape index (κ3) is 5.77. The molecule has 1 amide bonds. The van der Waals surface area contributed by atoms with Crippen LogP contribution in [0, 0.1) is 10.1 Å². The van der Waals surface area contributed by atoms with Gasteiger partial charge in [0.15, 0.2) is 6.79 Å². The van der Waals surface area contributed by atoms with Gasteiger partial charge in [-0.2, -0.15) is 0 Å². The molecule has 2 rings (SSSR count). The van der Waals surface area contributed by atoms with Crippen LogP contribution in [0.2, 0.25) is 0 Å². The Balaban J connectivity index is 2.03. The summed E-state index contributed by atoms with van der Waals surface area (Å²) in [6.07, 6.45) is 2.91. The molecule has 0 fully saturated rings. The maximum atomic E-state index is 12.1. The molecule has 148 valence electrons. The zero-order chi connectivity index (χ0) is 20.0. The lowest BCUT2D eigenvalue weighted by Gasteiger charge is -2.30. The smallest absolute Gasteiger partial charge is 0.270 e. The molecule has 1 aromatic rings. The van der Waals surface area contributed by atoms with E-state index in [9.17, 15) is 14.9 Å². The van der Waals surface area contributed by atoms with Crippen LogP contribution in [0.5, 0.6) is 5.75 Å². The minimum Gasteiger partial charge on any atom is -0.467 e. The second kappa shape index (κ2) is 9.48. The van der Waals surface area contributed by atoms with Crippen LogP contribution in [0.1, 0.15) is 38.8 Å². The first-order chi connectivity index (χ1) is 12.8.